The van der Waals surface area contributed by atoms with E-state index >= 15 is 0 Å². The molecule has 2 unspecified atom stereocenters. The third-order valence-corrected chi connectivity index (χ3v) is 9.70. The van der Waals surface area contributed by atoms with E-state index in [4.69, 9.17) is 39.0 Å². The van der Waals surface area contributed by atoms with Crippen LogP contribution in [0.1, 0.15) is 19.6 Å². The van der Waals surface area contributed by atoms with Crippen LogP contribution in [0.4, 0.5) is 11.8 Å². The van der Waals surface area contributed by atoms with Crippen molar-refractivity contribution < 1.29 is 51.6 Å². The predicted octanol–water partition coefficient (Wildman–Crippen LogP) is -1.14. The van der Waals surface area contributed by atoms with E-state index < -0.39 is 76.9 Å². The van der Waals surface area contributed by atoms with Gasteiger partial charge in [-0.25, -0.2) is 29.1 Å². The number of phosphoric acid groups is 2. The Kier molecular flexibility index (Phi) is 7.11. The molecule has 24 heteroatoms. The molecule has 0 spiro atoms. The molecule has 22 nitrogen and oxygen atoms in total. The summed E-state index contributed by atoms with van der Waals surface area (Å²) in [5.41, 5.74) is 8.71. The third-order valence-electron chi connectivity index (χ3n) is 7.59. The van der Waals surface area contributed by atoms with Gasteiger partial charge in [0.15, 0.2) is 34.6 Å². The Morgan fingerprint density at radius 3 is 2.62 bits per heavy atom. The molecule has 0 aromatic carbocycles. The zero-order chi connectivity index (χ0) is 31.9. The molecule has 3 aliphatic heterocycles. The van der Waals surface area contributed by atoms with Crippen LogP contribution < -0.4 is 17.0 Å². The summed E-state index contributed by atoms with van der Waals surface area (Å²) < 4.78 is 62.4. The highest BCUT2D eigenvalue weighted by Crippen LogP contribution is 2.55. The maximum atomic E-state index is 13.4. The first kappa shape index (κ1) is 30.3. The Morgan fingerprint density at radius 2 is 1.82 bits per heavy atom. The van der Waals surface area contributed by atoms with Crippen molar-refractivity contribution in [3.8, 4) is 0 Å². The van der Waals surface area contributed by atoms with Gasteiger partial charge in [-0.3, -0.25) is 37.0 Å². The van der Waals surface area contributed by atoms with Gasteiger partial charge in [0.05, 0.1) is 38.1 Å². The molecule has 8 N–H and O–H groups in total. The van der Waals surface area contributed by atoms with Crippen molar-refractivity contribution in [3.05, 3.63) is 29.3 Å². The minimum absolute atomic E-state index is 0.00278. The van der Waals surface area contributed by atoms with Gasteiger partial charge in [-0.15, -0.1) is 0 Å². The third kappa shape index (κ3) is 5.22. The number of imidazole rings is 2. The maximum absolute atomic E-state index is 13.4. The van der Waals surface area contributed by atoms with Gasteiger partial charge in [-0.05, 0) is 6.92 Å². The Hall–Kier alpha value is -3.40. The van der Waals surface area contributed by atoms with Gasteiger partial charge in [0.1, 0.15) is 30.2 Å². The van der Waals surface area contributed by atoms with Crippen molar-refractivity contribution in [2.45, 2.75) is 55.8 Å². The highest BCUT2D eigenvalue weighted by molar-refractivity contribution is 7.47. The largest absolute Gasteiger partial charge is 0.472 e. The van der Waals surface area contributed by atoms with E-state index in [1.54, 1.807) is 0 Å². The molecule has 3 saturated heterocycles. The number of hydrogen-bond acceptors (Lipinski definition) is 17. The summed E-state index contributed by atoms with van der Waals surface area (Å²) in [4.78, 5) is 56.4. The summed E-state index contributed by atoms with van der Waals surface area (Å²) in [6.45, 7) is 0.163. The van der Waals surface area contributed by atoms with Crippen LogP contribution in [-0.4, -0.2) is 97.7 Å². The molecule has 4 aromatic heterocycles. The van der Waals surface area contributed by atoms with Crippen LogP contribution in [-0.2, 0) is 42.4 Å². The number of rotatable bonds is 2. The summed E-state index contributed by atoms with van der Waals surface area (Å²) in [7, 11) is -10.0. The van der Waals surface area contributed by atoms with E-state index in [1.807, 2.05) is 0 Å². The maximum Gasteiger partial charge on any atom is 0.472 e. The van der Waals surface area contributed by atoms with Crippen molar-refractivity contribution in [2.24, 2.45) is 0 Å². The second-order valence-corrected chi connectivity index (χ2v) is 13.3. The van der Waals surface area contributed by atoms with E-state index in [9.17, 15) is 28.8 Å². The van der Waals surface area contributed by atoms with Gasteiger partial charge in [0.25, 0.3) is 5.56 Å². The Balaban J connectivity index is 1.23. The molecule has 9 atom stereocenters. The summed E-state index contributed by atoms with van der Waals surface area (Å²) >= 11 is 0. The van der Waals surface area contributed by atoms with Crippen LogP contribution in [0, 0.1) is 0 Å². The Morgan fingerprint density at radius 1 is 1.04 bits per heavy atom. The topological polar surface area (TPSA) is 309 Å². The fourth-order valence-electron chi connectivity index (χ4n) is 5.63. The van der Waals surface area contributed by atoms with Crippen LogP contribution in [0.3, 0.4) is 0 Å². The first-order chi connectivity index (χ1) is 21.2. The van der Waals surface area contributed by atoms with Crippen LogP contribution in [0.15, 0.2) is 23.8 Å². The number of aromatic amines is 1. The number of nitrogens with one attached hydrogen (secondary N) is 1. The van der Waals surface area contributed by atoms with Gasteiger partial charge in [-0.2, -0.15) is 4.98 Å². The lowest BCUT2D eigenvalue weighted by atomic mass is 10.0. The highest BCUT2D eigenvalue weighted by Gasteiger charge is 2.58. The number of H-pyrrole nitrogens is 1. The van der Waals surface area contributed by atoms with Crippen LogP contribution in [0.25, 0.3) is 22.3 Å². The molecule has 3 fully saturated rings. The number of aromatic nitrogens is 8. The summed E-state index contributed by atoms with van der Waals surface area (Å²) in [6, 6.07) is 0. The van der Waals surface area contributed by atoms with Gasteiger partial charge in [-0.1, -0.05) is 0 Å². The van der Waals surface area contributed by atoms with Gasteiger partial charge in [0.2, 0.25) is 5.95 Å². The van der Waals surface area contributed by atoms with Gasteiger partial charge < -0.3 is 35.8 Å². The monoisotopic (exact) mass is 672 g/mol. The Labute approximate surface area is 250 Å². The Bertz CT molecular complexity index is 1950. The molecule has 2 bridgehead atoms. The molecule has 0 amide bonds. The van der Waals surface area contributed by atoms with E-state index in [-0.39, 0.29) is 40.5 Å². The van der Waals surface area contributed by atoms with Crippen molar-refractivity contribution in [2.75, 3.05) is 24.7 Å². The average molecular weight is 672 g/mol. The van der Waals surface area contributed by atoms with Crippen molar-refractivity contribution in [3.63, 3.8) is 0 Å². The highest BCUT2D eigenvalue weighted by atomic mass is 31.2. The molecule has 7 heterocycles. The van der Waals surface area contributed by atoms with E-state index in [1.165, 1.54) is 17.8 Å². The molecule has 0 radical (unpaired) electrons. The van der Waals surface area contributed by atoms with Crippen LogP contribution >= 0.6 is 15.6 Å². The quantitative estimate of drug-likeness (QED) is 0.137. The lowest BCUT2D eigenvalue weighted by Crippen LogP contribution is -2.50. The fraction of sp³-hybridized carbons (Fsp3) is 0.524. The molecule has 4 aromatic rings. The predicted molar refractivity (Wildman–Crippen MR) is 147 cm³/mol. The SMILES string of the molecule is C[C@H]1OP(=O)(O)O[C@@H]2C[C@@H](COP(=O)(O)O[C@@H]3[C@@H]1OC[C@]3(O)n1cnc3c(N)ncnc31)O[C@H]2n1cnc2c(=O)[nH]c(N)nc21. The summed E-state index contributed by atoms with van der Waals surface area (Å²) in [5, 5.41) is 11.8. The van der Waals surface area contributed by atoms with Crippen molar-refractivity contribution >= 4 is 49.7 Å². The van der Waals surface area contributed by atoms with E-state index in [0.29, 0.717) is 0 Å². The number of phosphoric ester groups is 2. The second kappa shape index (κ2) is 10.6. The lowest BCUT2D eigenvalue weighted by molar-refractivity contribution is -0.115. The normalized spacial score (nSPS) is 37.7. The zero-order valence-electron chi connectivity index (χ0n) is 23.0. The van der Waals surface area contributed by atoms with Crippen molar-refractivity contribution in [1.29, 1.82) is 0 Å². The average Bonchev–Trinajstić information content (AvgIpc) is 3.72. The first-order valence-corrected chi connectivity index (χ1v) is 16.2. The first-order valence-electron chi connectivity index (χ1n) is 13.3. The number of ether oxygens (including phenoxy) is 2. The number of nitrogens with zero attached hydrogens (tertiary/aromatic N) is 7. The molecular weight excluding hydrogens is 646 g/mol. The number of fused-ring (bicyclic) bond motifs is 5. The molecule has 3 aliphatic rings. The van der Waals surface area contributed by atoms with Crippen LogP contribution in [0.5, 0.6) is 0 Å². The standard InChI is InChI=1S/C21H26N10O12P2/c1-8-13-14(21(33,4-38-13)31-7-27-11-15(22)24-5-25-16(11)31)43-44(34,35)39-3-9-2-10(42-45(36,37)41-8)19(40-9)30-6-26-12-17(30)28-20(23)29-18(12)32/h5-10,13-14,19,33H,2-4H2,1H3,(H,34,35)(H,36,37)(H2,22,24,25)(H3,23,28,29,32)/t8-,9+,10-,13-,14-,19-,21-/m1/s1. The van der Waals surface area contributed by atoms with E-state index in [0.717, 1.165) is 17.2 Å². The number of anilines is 2. The second-order valence-electron chi connectivity index (χ2n) is 10.6. The number of hydrogen-bond donors (Lipinski definition) is 6. The molecule has 0 saturated carbocycles. The van der Waals surface area contributed by atoms with E-state index in [2.05, 4.69) is 29.9 Å². The number of aliphatic hydroxyl groups is 1. The lowest BCUT2D eigenvalue weighted by Gasteiger charge is -2.34. The molecule has 7 rings (SSSR count). The molecular formula is C21H26N10O12P2. The van der Waals surface area contributed by atoms with Crippen LogP contribution in [0.2, 0.25) is 0 Å². The number of nitrogens with two attached hydrogens (primary N) is 2. The molecule has 0 aliphatic carbocycles. The minimum Gasteiger partial charge on any atom is -0.382 e. The van der Waals surface area contributed by atoms with Gasteiger partial charge >= 0.3 is 15.6 Å². The number of nitrogen functional groups attached to an aromatic ring is 2. The molecule has 45 heavy (non-hydrogen) atoms. The zero-order valence-corrected chi connectivity index (χ0v) is 24.8. The smallest absolute Gasteiger partial charge is 0.382 e. The molecule has 242 valence electrons. The van der Waals surface area contributed by atoms with Crippen molar-refractivity contribution in [1.82, 2.24) is 39.0 Å². The fourth-order valence-corrected chi connectivity index (χ4v) is 7.74. The minimum atomic E-state index is -5.03. The van der Waals surface area contributed by atoms with Gasteiger partial charge in [0, 0.05) is 6.42 Å². The summed E-state index contributed by atoms with van der Waals surface area (Å²) in [6.07, 6.45) is -4.78. The summed E-state index contributed by atoms with van der Waals surface area (Å²) in [5.74, 6) is -0.219.